The lowest BCUT2D eigenvalue weighted by atomic mass is 10.1. The van der Waals surface area contributed by atoms with Crippen LogP contribution in [0.2, 0.25) is 0 Å². The Morgan fingerprint density at radius 1 is 1.09 bits per heavy atom. The molecule has 4 nitrogen and oxygen atoms in total. The van der Waals surface area contributed by atoms with E-state index in [9.17, 15) is 4.79 Å². The first-order chi connectivity index (χ1) is 10.6. The number of carbonyl (C=O) groups is 1. The third-order valence-corrected chi connectivity index (χ3v) is 3.36. The van der Waals surface area contributed by atoms with Crippen LogP contribution in [-0.4, -0.2) is 25.5 Å². The zero-order valence-corrected chi connectivity index (χ0v) is 13.2. The Morgan fingerprint density at radius 3 is 2.32 bits per heavy atom. The number of hydrogen-bond acceptors (Lipinski definition) is 3. The maximum absolute atomic E-state index is 12.2. The van der Waals surface area contributed by atoms with Crippen molar-refractivity contribution in [3.63, 3.8) is 0 Å². The normalized spacial score (nSPS) is 10.3. The Hall–Kier alpha value is -2.33. The predicted octanol–water partition coefficient (Wildman–Crippen LogP) is 2.71. The second kappa shape index (κ2) is 7.61. The monoisotopic (exact) mass is 297 g/mol. The van der Waals surface area contributed by atoms with Crippen LogP contribution in [-0.2, 0) is 4.79 Å². The van der Waals surface area contributed by atoms with Crippen LogP contribution in [0.1, 0.15) is 11.1 Å². The van der Waals surface area contributed by atoms with E-state index in [2.05, 4.69) is 37.4 Å². The summed E-state index contributed by atoms with van der Waals surface area (Å²) in [5, 5.41) is 2.91. The van der Waals surface area contributed by atoms with Crippen LogP contribution in [0.3, 0.4) is 0 Å². The van der Waals surface area contributed by atoms with E-state index in [-0.39, 0.29) is 12.5 Å². The Kier molecular flexibility index (Phi) is 5.55. The highest BCUT2D eigenvalue weighted by Crippen LogP contribution is 2.18. The maximum Gasteiger partial charge on any atom is 0.243 e. The van der Waals surface area contributed by atoms with Gasteiger partial charge in [-0.1, -0.05) is 24.3 Å². The average molecular weight is 297 g/mol. The molecule has 2 rings (SSSR count). The summed E-state index contributed by atoms with van der Waals surface area (Å²) < 4.78 is 0. The van der Waals surface area contributed by atoms with Gasteiger partial charge in [0.1, 0.15) is 0 Å². The van der Waals surface area contributed by atoms with E-state index in [1.165, 1.54) is 11.1 Å². The molecular weight excluding hydrogens is 274 g/mol. The molecule has 2 aromatic carbocycles. The van der Waals surface area contributed by atoms with Crippen molar-refractivity contribution in [2.24, 2.45) is 5.73 Å². The van der Waals surface area contributed by atoms with E-state index < -0.39 is 0 Å². The second-order valence-electron chi connectivity index (χ2n) is 5.47. The molecule has 116 valence electrons. The molecule has 0 saturated heterocycles. The molecule has 4 heteroatoms. The maximum atomic E-state index is 12.2. The van der Waals surface area contributed by atoms with E-state index in [1.54, 1.807) is 0 Å². The Bertz CT molecular complexity index is 605. The van der Waals surface area contributed by atoms with Gasteiger partial charge in [0, 0.05) is 24.5 Å². The highest BCUT2D eigenvalue weighted by Gasteiger charge is 2.12. The summed E-state index contributed by atoms with van der Waals surface area (Å²) in [7, 11) is 0. The Morgan fingerprint density at radius 2 is 1.73 bits per heavy atom. The highest BCUT2D eigenvalue weighted by molar-refractivity contribution is 5.94. The molecule has 0 heterocycles. The number of aryl methyl sites for hydroxylation is 2. The zero-order chi connectivity index (χ0) is 15.9. The van der Waals surface area contributed by atoms with Gasteiger partial charge in [-0.2, -0.15) is 0 Å². The lowest BCUT2D eigenvalue weighted by Gasteiger charge is -2.24. The minimum absolute atomic E-state index is 0.0428. The van der Waals surface area contributed by atoms with Gasteiger partial charge in [0.05, 0.1) is 6.54 Å². The molecule has 0 spiro atoms. The quantitative estimate of drug-likeness (QED) is 0.862. The van der Waals surface area contributed by atoms with Crippen molar-refractivity contribution in [3.05, 3.63) is 59.7 Å². The minimum atomic E-state index is -0.0428. The van der Waals surface area contributed by atoms with E-state index in [0.717, 1.165) is 11.4 Å². The van der Waals surface area contributed by atoms with Gasteiger partial charge in [0.25, 0.3) is 0 Å². The highest BCUT2D eigenvalue weighted by atomic mass is 16.2. The van der Waals surface area contributed by atoms with Crippen molar-refractivity contribution in [1.29, 1.82) is 0 Å². The number of hydrogen-bond donors (Lipinski definition) is 2. The molecule has 0 aliphatic heterocycles. The summed E-state index contributed by atoms with van der Waals surface area (Å²) in [6, 6.07) is 15.8. The minimum Gasteiger partial charge on any atom is -0.361 e. The lowest BCUT2D eigenvalue weighted by Crippen LogP contribution is -2.36. The number of nitrogens with one attached hydrogen (secondary N) is 1. The molecule has 0 bridgehead atoms. The number of nitrogens with zero attached hydrogens (tertiary/aromatic N) is 1. The van der Waals surface area contributed by atoms with Crippen molar-refractivity contribution < 1.29 is 4.79 Å². The van der Waals surface area contributed by atoms with Crippen molar-refractivity contribution in [3.8, 4) is 0 Å². The van der Waals surface area contributed by atoms with Gasteiger partial charge in [0.2, 0.25) is 5.91 Å². The van der Waals surface area contributed by atoms with Crippen LogP contribution in [0.25, 0.3) is 0 Å². The second-order valence-corrected chi connectivity index (χ2v) is 5.47. The van der Waals surface area contributed by atoms with Gasteiger partial charge >= 0.3 is 0 Å². The molecule has 22 heavy (non-hydrogen) atoms. The molecule has 3 N–H and O–H groups in total. The summed E-state index contributed by atoms with van der Waals surface area (Å²) in [4.78, 5) is 14.3. The number of benzene rings is 2. The number of nitrogens with two attached hydrogens (primary N) is 1. The third kappa shape index (κ3) is 4.60. The van der Waals surface area contributed by atoms with Crippen LogP contribution in [0.5, 0.6) is 0 Å². The summed E-state index contributed by atoms with van der Waals surface area (Å²) in [5.74, 6) is -0.0428. The topological polar surface area (TPSA) is 58.4 Å². The standard InChI is InChI=1S/C18H23N3O/c1-14-10-15(2)12-17(11-14)21(9-8-19)13-18(22)20-16-6-4-3-5-7-16/h3-7,10-12H,8-9,13,19H2,1-2H3,(H,20,22). The van der Waals surface area contributed by atoms with Gasteiger partial charge in [0.15, 0.2) is 0 Å². The smallest absolute Gasteiger partial charge is 0.243 e. The number of carbonyl (C=O) groups excluding carboxylic acids is 1. The number of amides is 1. The zero-order valence-electron chi connectivity index (χ0n) is 13.2. The van der Waals surface area contributed by atoms with Crippen LogP contribution in [0.15, 0.2) is 48.5 Å². The predicted molar refractivity (Wildman–Crippen MR) is 92.3 cm³/mol. The number of rotatable bonds is 6. The van der Waals surface area contributed by atoms with Gasteiger partial charge < -0.3 is 16.0 Å². The molecule has 0 saturated carbocycles. The van der Waals surface area contributed by atoms with Crippen LogP contribution < -0.4 is 16.0 Å². The first-order valence-corrected chi connectivity index (χ1v) is 7.46. The summed E-state index contributed by atoms with van der Waals surface area (Å²) in [6.07, 6.45) is 0. The molecule has 0 radical (unpaired) electrons. The van der Waals surface area contributed by atoms with E-state index in [0.29, 0.717) is 13.1 Å². The molecule has 2 aromatic rings. The first-order valence-electron chi connectivity index (χ1n) is 7.46. The third-order valence-electron chi connectivity index (χ3n) is 3.36. The van der Waals surface area contributed by atoms with Gasteiger partial charge in [-0.3, -0.25) is 4.79 Å². The lowest BCUT2D eigenvalue weighted by molar-refractivity contribution is -0.115. The summed E-state index contributed by atoms with van der Waals surface area (Å²) in [5.41, 5.74) is 9.90. The molecule has 0 aliphatic carbocycles. The van der Waals surface area contributed by atoms with E-state index >= 15 is 0 Å². The first kappa shape index (κ1) is 16.0. The van der Waals surface area contributed by atoms with E-state index in [4.69, 9.17) is 5.73 Å². The number of para-hydroxylation sites is 1. The molecule has 0 aromatic heterocycles. The SMILES string of the molecule is Cc1cc(C)cc(N(CCN)CC(=O)Nc2ccccc2)c1. The van der Waals surface area contributed by atoms with Crippen molar-refractivity contribution >= 4 is 17.3 Å². The van der Waals surface area contributed by atoms with Crippen molar-refractivity contribution in [2.45, 2.75) is 13.8 Å². The van der Waals surface area contributed by atoms with Gasteiger partial charge in [-0.25, -0.2) is 0 Å². The summed E-state index contributed by atoms with van der Waals surface area (Å²) in [6.45, 7) is 5.55. The fourth-order valence-corrected chi connectivity index (χ4v) is 2.48. The Balaban J connectivity index is 2.09. The summed E-state index contributed by atoms with van der Waals surface area (Å²) >= 11 is 0. The largest absolute Gasteiger partial charge is 0.361 e. The Labute approximate surface area is 131 Å². The fourth-order valence-electron chi connectivity index (χ4n) is 2.48. The van der Waals surface area contributed by atoms with Crippen LogP contribution >= 0.6 is 0 Å². The molecule has 1 amide bonds. The molecule has 0 unspecified atom stereocenters. The van der Waals surface area contributed by atoms with Gasteiger partial charge in [-0.05, 0) is 49.2 Å². The van der Waals surface area contributed by atoms with Gasteiger partial charge in [-0.15, -0.1) is 0 Å². The van der Waals surface area contributed by atoms with Crippen molar-refractivity contribution in [1.82, 2.24) is 0 Å². The molecule has 0 aliphatic rings. The van der Waals surface area contributed by atoms with Crippen LogP contribution in [0.4, 0.5) is 11.4 Å². The molecular formula is C18H23N3O. The van der Waals surface area contributed by atoms with E-state index in [1.807, 2.05) is 35.2 Å². The molecule has 0 fully saturated rings. The van der Waals surface area contributed by atoms with Crippen LogP contribution in [0, 0.1) is 13.8 Å². The van der Waals surface area contributed by atoms with Crippen molar-refractivity contribution in [2.75, 3.05) is 29.9 Å². The average Bonchev–Trinajstić information content (AvgIpc) is 2.47. The number of anilines is 2. The molecule has 0 atom stereocenters. The fraction of sp³-hybridized carbons (Fsp3) is 0.278.